The maximum atomic E-state index is 13.3. The molecule has 2 aliphatic heterocycles. The molecule has 2 aliphatic rings. The molecule has 2 fully saturated rings. The van der Waals surface area contributed by atoms with Crippen LogP contribution in [0.4, 0.5) is 4.79 Å². The average Bonchev–Trinajstić information content (AvgIpc) is 3.06. The zero-order valence-electron chi connectivity index (χ0n) is 27.9. The number of ether oxygens (including phenoxy) is 1. The van der Waals surface area contributed by atoms with Gasteiger partial charge in [-0.1, -0.05) is 43.7 Å². The lowest BCUT2D eigenvalue weighted by Crippen LogP contribution is -2.48. The summed E-state index contributed by atoms with van der Waals surface area (Å²) in [5, 5.41) is 10.1. The van der Waals surface area contributed by atoms with Crippen LogP contribution in [0, 0.1) is 17.8 Å². The summed E-state index contributed by atoms with van der Waals surface area (Å²) in [6, 6.07) is 6.57. The second-order valence-corrected chi connectivity index (χ2v) is 14.6. The van der Waals surface area contributed by atoms with Gasteiger partial charge in [-0.2, -0.15) is 4.31 Å². The van der Waals surface area contributed by atoms with E-state index in [1.165, 1.54) is 4.31 Å². The van der Waals surface area contributed by atoms with Gasteiger partial charge in [-0.3, -0.25) is 4.79 Å². The van der Waals surface area contributed by atoms with Crippen molar-refractivity contribution in [2.45, 2.75) is 57.1 Å². The lowest BCUT2D eigenvalue weighted by Gasteiger charge is -2.33. The molecule has 0 aliphatic carbocycles. The van der Waals surface area contributed by atoms with Gasteiger partial charge in [-0.25, -0.2) is 13.2 Å². The van der Waals surface area contributed by atoms with Crippen LogP contribution >= 0.6 is 0 Å². The number of allylic oxidation sites excluding steroid dienone is 2. The zero-order chi connectivity index (χ0) is 34.6. The number of aliphatic hydroxyl groups excluding tert-OH is 1. The quantitative estimate of drug-likeness (QED) is 0.207. The van der Waals surface area contributed by atoms with E-state index in [1.807, 2.05) is 33.9 Å². The van der Waals surface area contributed by atoms with Crippen LogP contribution in [-0.2, 0) is 29.1 Å². The number of nitrogens with zero attached hydrogens (tertiary/aromatic N) is 4. The van der Waals surface area contributed by atoms with E-state index in [4.69, 9.17) is 4.74 Å². The number of hydrogen-bond acceptors (Lipinski definition) is 9. The van der Waals surface area contributed by atoms with Crippen LogP contribution in [0.1, 0.15) is 45.6 Å². The molecule has 2 saturated heterocycles. The lowest BCUT2D eigenvalue weighted by molar-refractivity contribution is -0.119. The molecule has 1 aromatic carbocycles. The number of hydrogen-bond donors (Lipinski definition) is 1. The largest absolute Gasteiger partial charge is 0.442 e. The molecule has 13 heteroatoms. The van der Waals surface area contributed by atoms with Crippen LogP contribution in [0.25, 0.3) is 6.08 Å². The van der Waals surface area contributed by atoms with Gasteiger partial charge in [-0.15, -0.1) is 0 Å². The van der Waals surface area contributed by atoms with Crippen molar-refractivity contribution >= 4 is 41.2 Å². The molecule has 3 rings (SSSR count). The standard InChI is InChI=1S/C34H50N4O8S/c1-26(9-11-33(27(2)8-10-30(42)12-21-39)46-34(43)37-17-13-35(4)14-18-37)32(24-40)28(3)22-29-6-5-7-31(23-29)47(44,45)38-19-15-36(25-41)16-20-38/h5-7,9,11,21-27,30,32-33,42H,8,10,12-20H2,1-4H3/b11-9+,28-22+/t26-,27-,30+,32-,33-/m0/s1. The zero-order valence-corrected chi connectivity index (χ0v) is 28.8. The number of aliphatic hydroxyl groups is 1. The molecule has 0 aromatic heterocycles. The molecule has 1 aromatic rings. The number of piperazine rings is 2. The smallest absolute Gasteiger partial charge is 0.410 e. The van der Waals surface area contributed by atoms with Crippen molar-refractivity contribution in [2.75, 3.05) is 59.4 Å². The van der Waals surface area contributed by atoms with Crippen molar-refractivity contribution < 1.29 is 37.4 Å². The Morgan fingerprint density at radius 3 is 2.28 bits per heavy atom. The molecular formula is C34H50N4O8S. The molecule has 12 nitrogen and oxygen atoms in total. The van der Waals surface area contributed by atoms with Gasteiger partial charge in [0.15, 0.2) is 0 Å². The van der Waals surface area contributed by atoms with Crippen molar-refractivity contribution in [3.8, 4) is 0 Å². The normalized spacial score (nSPS) is 20.3. The molecule has 47 heavy (non-hydrogen) atoms. The molecule has 5 atom stereocenters. The first-order valence-corrected chi connectivity index (χ1v) is 17.7. The molecule has 2 heterocycles. The Labute approximate surface area is 279 Å². The maximum Gasteiger partial charge on any atom is 0.410 e. The maximum absolute atomic E-state index is 13.3. The second-order valence-electron chi connectivity index (χ2n) is 12.7. The van der Waals surface area contributed by atoms with Crippen LogP contribution in [0.3, 0.4) is 0 Å². The van der Waals surface area contributed by atoms with Crippen LogP contribution in [0.5, 0.6) is 0 Å². The Morgan fingerprint density at radius 2 is 1.66 bits per heavy atom. The van der Waals surface area contributed by atoms with E-state index in [0.29, 0.717) is 50.9 Å². The minimum atomic E-state index is -3.75. The molecule has 260 valence electrons. The Bertz CT molecular complexity index is 1370. The Balaban J connectivity index is 1.75. The number of carbonyl (C=O) groups is 4. The van der Waals surface area contributed by atoms with Gasteiger partial charge < -0.3 is 34.1 Å². The average molecular weight is 675 g/mol. The van der Waals surface area contributed by atoms with Crippen molar-refractivity contribution in [2.24, 2.45) is 17.8 Å². The number of carbonyl (C=O) groups excluding carboxylic acids is 4. The molecule has 0 unspecified atom stereocenters. The summed E-state index contributed by atoms with van der Waals surface area (Å²) < 4.78 is 33.9. The number of sulfonamides is 1. The molecule has 1 N–H and O–H groups in total. The van der Waals surface area contributed by atoms with Crippen molar-refractivity contribution in [1.29, 1.82) is 0 Å². The Hall–Kier alpha value is -3.39. The van der Waals surface area contributed by atoms with E-state index in [-0.39, 0.29) is 36.2 Å². The van der Waals surface area contributed by atoms with Crippen molar-refractivity contribution in [1.82, 2.24) is 19.0 Å². The summed E-state index contributed by atoms with van der Waals surface area (Å²) in [5.74, 6) is -0.960. The fourth-order valence-electron chi connectivity index (χ4n) is 5.75. The highest BCUT2D eigenvalue weighted by molar-refractivity contribution is 7.89. The molecule has 0 saturated carbocycles. The Morgan fingerprint density at radius 1 is 0.979 bits per heavy atom. The monoisotopic (exact) mass is 674 g/mol. The van der Waals surface area contributed by atoms with Crippen LogP contribution in [0.2, 0.25) is 0 Å². The van der Waals surface area contributed by atoms with Gasteiger partial charge in [-0.05, 0) is 62.4 Å². The highest BCUT2D eigenvalue weighted by atomic mass is 32.2. The summed E-state index contributed by atoms with van der Waals surface area (Å²) in [4.78, 5) is 52.7. The van der Waals surface area contributed by atoms with E-state index >= 15 is 0 Å². The van der Waals surface area contributed by atoms with Crippen LogP contribution in [0.15, 0.2) is 46.9 Å². The first-order valence-electron chi connectivity index (χ1n) is 16.3. The van der Waals surface area contributed by atoms with Gasteiger partial charge >= 0.3 is 6.09 Å². The molecule has 2 amide bonds. The third-order valence-electron chi connectivity index (χ3n) is 9.04. The third kappa shape index (κ3) is 11.1. The van der Waals surface area contributed by atoms with Gasteiger partial charge in [0.25, 0.3) is 0 Å². The molecule has 0 radical (unpaired) electrons. The Kier molecular flexibility index (Phi) is 14.8. The van der Waals surface area contributed by atoms with Crippen LogP contribution in [-0.4, -0.2) is 129 Å². The number of likely N-dealkylation sites (N-methyl/N-ethyl adjacent to an activating group) is 1. The lowest BCUT2D eigenvalue weighted by atomic mass is 9.86. The second kappa shape index (κ2) is 18.2. The molecule has 0 bridgehead atoms. The SMILES string of the molecule is C/C(=C\c1cccc(S(=O)(=O)N2CCN(C=O)CC2)c1)[C@@H](C=O)[C@@H](C)/C=C/[C@H](OC(=O)N1CCN(C)CC1)[C@@H](C)CC[C@@H](O)CC=O. The summed E-state index contributed by atoms with van der Waals surface area (Å²) >= 11 is 0. The topological polar surface area (TPSA) is 145 Å². The minimum absolute atomic E-state index is 0.0468. The molecular weight excluding hydrogens is 624 g/mol. The summed E-state index contributed by atoms with van der Waals surface area (Å²) in [6.07, 6.45) is 6.90. The first-order chi connectivity index (χ1) is 22.4. The first kappa shape index (κ1) is 38.1. The molecule has 0 spiro atoms. The van der Waals surface area contributed by atoms with Gasteiger partial charge in [0.2, 0.25) is 16.4 Å². The van der Waals surface area contributed by atoms with E-state index in [0.717, 1.165) is 31.4 Å². The van der Waals surface area contributed by atoms with E-state index in [2.05, 4.69) is 4.90 Å². The minimum Gasteiger partial charge on any atom is -0.442 e. The van der Waals surface area contributed by atoms with Gasteiger partial charge in [0.1, 0.15) is 18.7 Å². The number of rotatable bonds is 16. The number of benzene rings is 1. The summed E-state index contributed by atoms with van der Waals surface area (Å²) in [6.45, 7) is 9.39. The van der Waals surface area contributed by atoms with Crippen molar-refractivity contribution in [3.05, 3.63) is 47.6 Å². The fourth-order valence-corrected chi connectivity index (χ4v) is 7.22. The number of amides is 2. The summed E-state index contributed by atoms with van der Waals surface area (Å²) in [7, 11) is -1.75. The highest BCUT2D eigenvalue weighted by Gasteiger charge is 2.29. The fraction of sp³-hybridized carbons (Fsp3) is 0.588. The van der Waals surface area contributed by atoms with Gasteiger partial charge in [0, 0.05) is 64.7 Å². The van der Waals surface area contributed by atoms with E-state index in [9.17, 15) is 32.7 Å². The van der Waals surface area contributed by atoms with E-state index < -0.39 is 34.2 Å². The van der Waals surface area contributed by atoms with Crippen molar-refractivity contribution in [3.63, 3.8) is 0 Å². The highest BCUT2D eigenvalue weighted by Crippen LogP contribution is 2.26. The van der Waals surface area contributed by atoms with Gasteiger partial charge in [0.05, 0.1) is 11.0 Å². The van der Waals surface area contributed by atoms with E-state index in [1.54, 1.807) is 46.2 Å². The number of aldehydes is 2. The predicted molar refractivity (Wildman–Crippen MR) is 179 cm³/mol. The van der Waals surface area contributed by atoms with Crippen LogP contribution < -0.4 is 0 Å². The third-order valence-corrected chi connectivity index (χ3v) is 10.9. The predicted octanol–water partition coefficient (Wildman–Crippen LogP) is 2.68. The summed E-state index contributed by atoms with van der Waals surface area (Å²) in [5.41, 5.74) is 1.38.